The summed E-state index contributed by atoms with van der Waals surface area (Å²) in [6, 6.07) is 14.2. The van der Waals surface area contributed by atoms with E-state index in [1.54, 1.807) is 24.3 Å². The van der Waals surface area contributed by atoms with Crippen LogP contribution in [0, 0.1) is 13.8 Å². The molecule has 0 saturated heterocycles. The van der Waals surface area contributed by atoms with Crippen molar-refractivity contribution in [3.05, 3.63) is 59.7 Å². The fourth-order valence-electron chi connectivity index (χ4n) is 2.25. The van der Waals surface area contributed by atoms with E-state index in [9.17, 15) is 9.59 Å². The molecule has 2 N–H and O–H groups in total. The van der Waals surface area contributed by atoms with Crippen molar-refractivity contribution >= 4 is 17.9 Å². The van der Waals surface area contributed by atoms with Crippen molar-refractivity contribution in [2.24, 2.45) is 0 Å². The number of hydrogen-bond acceptors (Lipinski definition) is 4. The maximum atomic E-state index is 12.0. The van der Waals surface area contributed by atoms with Crippen LogP contribution in [-0.2, 0) is 4.74 Å². The summed E-state index contributed by atoms with van der Waals surface area (Å²) in [4.78, 5) is 23.9. The molecule has 0 heterocycles. The lowest BCUT2D eigenvalue weighted by atomic mass is 10.1. The third-order valence-corrected chi connectivity index (χ3v) is 3.81. The molecule has 0 radical (unpaired) electrons. The number of rotatable bonds is 6. The van der Waals surface area contributed by atoms with Crippen molar-refractivity contribution in [2.75, 3.05) is 11.9 Å². The number of para-hydroxylation sites is 1. The molecule has 138 valence electrons. The Balaban J connectivity index is 1.81. The minimum absolute atomic E-state index is 0.0527. The van der Waals surface area contributed by atoms with E-state index < -0.39 is 12.2 Å². The molecule has 6 nitrogen and oxygen atoms in total. The summed E-state index contributed by atoms with van der Waals surface area (Å²) in [6.07, 6.45) is -0.544. The molecule has 0 fully saturated rings. The number of hydrogen-bond donors (Lipinski definition) is 2. The zero-order valence-electron chi connectivity index (χ0n) is 15.2. The van der Waals surface area contributed by atoms with Crippen molar-refractivity contribution in [3.63, 3.8) is 0 Å². The third kappa shape index (κ3) is 6.12. The van der Waals surface area contributed by atoms with E-state index >= 15 is 0 Å². The Morgan fingerprint density at radius 3 is 2.46 bits per heavy atom. The van der Waals surface area contributed by atoms with E-state index in [0.29, 0.717) is 17.9 Å². The third-order valence-electron chi connectivity index (χ3n) is 3.81. The molecule has 2 amide bonds. The quantitative estimate of drug-likeness (QED) is 0.803. The molecule has 0 aliphatic rings. The normalized spacial score (nSPS) is 11.3. The van der Waals surface area contributed by atoms with E-state index in [2.05, 4.69) is 10.6 Å². The van der Waals surface area contributed by atoms with E-state index in [1.165, 1.54) is 0 Å². The Morgan fingerprint density at radius 1 is 1.04 bits per heavy atom. The van der Waals surface area contributed by atoms with Crippen LogP contribution in [0.3, 0.4) is 0 Å². The first-order valence-electron chi connectivity index (χ1n) is 8.52. The topological polar surface area (TPSA) is 76.7 Å². The minimum Gasteiger partial charge on any atom is -0.447 e. The van der Waals surface area contributed by atoms with Crippen LogP contribution in [0.15, 0.2) is 48.5 Å². The van der Waals surface area contributed by atoms with Crippen LogP contribution in [-0.4, -0.2) is 24.8 Å². The van der Waals surface area contributed by atoms with Crippen LogP contribution < -0.4 is 15.4 Å². The standard InChI is InChI=1S/C20H24N2O4/c1-4-16(21-20(24)26-17-8-6-5-7-9-17)13-25-19(23)22-18-12-14(2)10-11-15(18)3/h5-12,16H,4,13H2,1-3H3,(H,21,24)(H,22,23)/t16-/m1/s1. The van der Waals surface area contributed by atoms with Gasteiger partial charge in [-0.15, -0.1) is 0 Å². The fourth-order valence-corrected chi connectivity index (χ4v) is 2.25. The predicted molar refractivity (Wildman–Crippen MR) is 101 cm³/mol. The number of carbonyl (C=O) groups excluding carboxylic acids is 2. The summed E-state index contributed by atoms with van der Waals surface area (Å²) in [7, 11) is 0. The van der Waals surface area contributed by atoms with E-state index in [4.69, 9.17) is 9.47 Å². The van der Waals surface area contributed by atoms with Gasteiger partial charge < -0.3 is 14.8 Å². The first-order chi connectivity index (χ1) is 12.5. The highest BCUT2D eigenvalue weighted by atomic mass is 16.6. The largest absolute Gasteiger partial charge is 0.447 e. The number of benzene rings is 2. The van der Waals surface area contributed by atoms with Gasteiger partial charge in [-0.3, -0.25) is 5.32 Å². The van der Waals surface area contributed by atoms with Gasteiger partial charge in [0.25, 0.3) is 0 Å². The second-order valence-corrected chi connectivity index (χ2v) is 5.99. The van der Waals surface area contributed by atoms with Gasteiger partial charge in [-0.05, 0) is 49.6 Å². The van der Waals surface area contributed by atoms with E-state index in [0.717, 1.165) is 11.1 Å². The summed E-state index contributed by atoms with van der Waals surface area (Å²) in [5.74, 6) is 0.452. The highest BCUT2D eigenvalue weighted by Crippen LogP contribution is 2.16. The number of anilines is 1. The van der Waals surface area contributed by atoms with Crippen molar-refractivity contribution in [2.45, 2.75) is 33.2 Å². The van der Waals surface area contributed by atoms with Gasteiger partial charge in [0.15, 0.2) is 0 Å². The Kier molecular flexibility index (Phi) is 7.02. The minimum atomic E-state index is -0.582. The molecular formula is C20H24N2O4. The molecule has 6 heteroatoms. The summed E-state index contributed by atoms with van der Waals surface area (Å²) < 4.78 is 10.4. The van der Waals surface area contributed by atoms with Crippen LogP contribution in [0.5, 0.6) is 5.75 Å². The van der Waals surface area contributed by atoms with Crippen molar-refractivity contribution < 1.29 is 19.1 Å². The van der Waals surface area contributed by atoms with Gasteiger partial charge in [-0.1, -0.05) is 37.3 Å². The highest BCUT2D eigenvalue weighted by Gasteiger charge is 2.15. The molecular weight excluding hydrogens is 332 g/mol. The van der Waals surface area contributed by atoms with Gasteiger partial charge in [-0.25, -0.2) is 9.59 Å². The lowest BCUT2D eigenvalue weighted by Gasteiger charge is -2.17. The Hall–Kier alpha value is -3.02. The maximum absolute atomic E-state index is 12.0. The lowest BCUT2D eigenvalue weighted by Crippen LogP contribution is -2.40. The molecule has 2 rings (SSSR count). The van der Waals surface area contributed by atoms with Crippen LogP contribution in [0.4, 0.5) is 15.3 Å². The Bertz CT molecular complexity index is 747. The molecule has 2 aromatic carbocycles. The summed E-state index contributed by atoms with van der Waals surface area (Å²) in [5, 5.41) is 5.41. The zero-order valence-corrected chi connectivity index (χ0v) is 15.2. The average Bonchev–Trinajstić information content (AvgIpc) is 2.62. The predicted octanol–water partition coefficient (Wildman–Crippen LogP) is 4.42. The number of amides is 2. The van der Waals surface area contributed by atoms with Crippen molar-refractivity contribution in [1.82, 2.24) is 5.32 Å². The second kappa shape index (κ2) is 9.46. The fraction of sp³-hybridized carbons (Fsp3) is 0.300. The molecule has 0 aromatic heterocycles. The molecule has 0 saturated carbocycles. The number of ether oxygens (including phenoxy) is 2. The van der Waals surface area contributed by atoms with Gasteiger partial charge in [0.2, 0.25) is 0 Å². The Morgan fingerprint density at radius 2 is 1.77 bits per heavy atom. The molecule has 0 unspecified atom stereocenters. The van der Waals surface area contributed by atoms with Crippen LogP contribution in [0.1, 0.15) is 24.5 Å². The average molecular weight is 356 g/mol. The van der Waals surface area contributed by atoms with Crippen molar-refractivity contribution in [1.29, 1.82) is 0 Å². The maximum Gasteiger partial charge on any atom is 0.412 e. The smallest absolute Gasteiger partial charge is 0.412 e. The first kappa shape index (κ1) is 19.3. The summed E-state index contributed by atoms with van der Waals surface area (Å²) in [5.41, 5.74) is 2.70. The number of aryl methyl sites for hydroxylation is 2. The molecule has 0 aliphatic carbocycles. The van der Waals surface area contributed by atoms with Gasteiger partial charge in [0, 0.05) is 5.69 Å². The number of nitrogens with one attached hydrogen (secondary N) is 2. The van der Waals surface area contributed by atoms with E-state index in [-0.39, 0.29) is 12.6 Å². The summed E-state index contributed by atoms with van der Waals surface area (Å²) >= 11 is 0. The van der Waals surface area contributed by atoms with Gasteiger partial charge in [-0.2, -0.15) is 0 Å². The van der Waals surface area contributed by atoms with Gasteiger partial charge in [0.05, 0.1) is 6.04 Å². The molecule has 0 bridgehead atoms. The zero-order chi connectivity index (χ0) is 18.9. The lowest BCUT2D eigenvalue weighted by molar-refractivity contribution is 0.142. The molecule has 2 aromatic rings. The van der Waals surface area contributed by atoms with Crippen molar-refractivity contribution in [3.8, 4) is 5.75 Å². The number of carbonyl (C=O) groups is 2. The first-order valence-corrected chi connectivity index (χ1v) is 8.52. The van der Waals surface area contributed by atoms with Crippen LogP contribution in [0.2, 0.25) is 0 Å². The molecule has 0 aliphatic heterocycles. The van der Waals surface area contributed by atoms with Gasteiger partial charge >= 0.3 is 12.2 Å². The van der Waals surface area contributed by atoms with Gasteiger partial charge in [0.1, 0.15) is 12.4 Å². The monoisotopic (exact) mass is 356 g/mol. The van der Waals surface area contributed by atoms with E-state index in [1.807, 2.05) is 45.0 Å². The van der Waals surface area contributed by atoms with Crippen LogP contribution >= 0.6 is 0 Å². The summed E-state index contributed by atoms with van der Waals surface area (Å²) in [6.45, 7) is 5.80. The SMILES string of the molecule is CC[C@H](COC(=O)Nc1cc(C)ccc1C)NC(=O)Oc1ccccc1. The molecule has 26 heavy (non-hydrogen) atoms. The molecule has 0 spiro atoms. The highest BCUT2D eigenvalue weighted by molar-refractivity contribution is 5.85. The Labute approximate surface area is 153 Å². The molecule has 1 atom stereocenters. The second-order valence-electron chi connectivity index (χ2n) is 5.99. The van der Waals surface area contributed by atoms with Crippen LogP contribution in [0.25, 0.3) is 0 Å².